The first kappa shape index (κ1) is 11.8. The van der Waals surface area contributed by atoms with Crippen LogP contribution in [0, 0.1) is 0 Å². The van der Waals surface area contributed by atoms with E-state index in [1.54, 1.807) is 12.4 Å². The smallest absolute Gasteiger partial charge is 0.408 e. The van der Waals surface area contributed by atoms with Crippen molar-refractivity contribution in [3.63, 3.8) is 0 Å². The Morgan fingerprint density at radius 1 is 1.16 bits per heavy atom. The van der Waals surface area contributed by atoms with E-state index in [0.717, 1.165) is 21.9 Å². The van der Waals surface area contributed by atoms with Gasteiger partial charge >= 0.3 is 5.76 Å². The Labute approximate surface area is 110 Å². The number of hydrogen-bond donors (Lipinski definition) is 0. The molecule has 0 N–H and O–H groups in total. The van der Waals surface area contributed by atoms with E-state index in [0.29, 0.717) is 5.58 Å². The molecule has 0 amide bonds. The Morgan fingerprint density at radius 3 is 2.68 bits per heavy atom. The first-order valence-electron chi connectivity index (χ1n) is 6.14. The minimum Gasteiger partial charge on any atom is -0.408 e. The molecule has 3 rings (SSSR count). The van der Waals surface area contributed by atoms with Crippen LogP contribution in [0.5, 0.6) is 0 Å². The summed E-state index contributed by atoms with van der Waals surface area (Å²) in [5, 5.41) is 2.88. The quantitative estimate of drug-likeness (QED) is 0.578. The van der Waals surface area contributed by atoms with E-state index in [1.807, 2.05) is 39.0 Å². The maximum Gasteiger partial charge on any atom is 0.439 e. The third-order valence-electron chi connectivity index (χ3n) is 3.10. The molecule has 0 saturated carbocycles. The SMILES string of the molecule is CC(C)(C)c1nc(=O)oc2cc3ccncc3cc12. The third kappa shape index (κ3) is 1.99. The van der Waals surface area contributed by atoms with E-state index in [2.05, 4.69) is 9.97 Å². The van der Waals surface area contributed by atoms with E-state index in [1.165, 1.54) is 0 Å². The second-order valence-corrected chi connectivity index (χ2v) is 5.65. The van der Waals surface area contributed by atoms with Crippen molar-refractivity contribution in [1.29, 1.82) is 0 Å². The van der Waals surface area contributed by atoms with E-state index in [9.17, 15) is 4.79 Å². The Balaban J connectivity index is 2.50. The summed E-state index contributed by atoms with van der Waals surface area (Å²) in [5.41, 5.74) is 1.11. The van der Waals surface area contributed by atoms with Gasteiger partial charge in [-0.3, -0.25) is 4.98 Å². The Hall–Kier alpha value is -2.23. The predicted molar refractivity (Wildman–Crippen MR) is 74.3 cm³/mol. The van der Waals surface area contributed by atoms with Crippen molar-refractivity contribution in [3.05, 3.63) is 46.8 Å². The van der Waals surface area contributed by atoms with Crippen LogP contribution in [0.25, 0.3) is 21.7 Å². The highest BCUT2D eigenvalue weighted by molar-refractivity contribution is 5.96. The molecule has 0 fully saturated rings. The zero-order chi connectivity index (χ0) is 13.6. The van der Waals surface area contributed by atoms with Crippen molar-refractivity contribution in [2.75, 3.05) is 0 Å². The molecular weight excluding hydrogens is 240 g/mol. The zero-order valence-corrected chi connectivity index (χ0v) is 11.1. The second kappa shape index (κ2) is 3.88. The second-order valence-electron chi connectivity index (χ2n) is 5.65. The minimum atomic E-state index is -0.550. The summed E-state index contributed by atoms with van der Waals surface area (Å²) in [6.45, 7) is 6.09. The lowest BCUT2D eigenvalue weighted by Crippen LogP contribution is -2.19. The molecule has 0 radical (unpaired) electrons. The van der Waals surface area contributed by atoms with Crippen molar-refractivity contribution in [1.82, 2.24) is 9.97 Å². The molecule has 0 aliphatic heterocycles. The molecule has 3 aromatic rings. The van der Waals surface area contributed by atoms with Crippen LogP contribution in [-0.4, -0.2) is 9.97 Å². The predicted octanol–water partition coefficient (Wildman–Crippen LogP) is 3.03. The highest BCUT2D eigenvalue weighted by Crippen LogP contribution is 2.29. The summed E-state index contributed by atoms with van der Waals surface area (Å²) in [4.78, 5) is 19.7. The van der Waals surface area contributed by atoms with Crippen LogP contribution >= 0.6 is 0 Å². The third-order valence-corrected chi connectivity index (χ3v) is 3.10. The average Bonchev–Trinajstić information content (AvgIpc) is 2.34. The van der Waals surface area contributed by atoms with Crippen LogP contribution in [0.2, 0.25) is 0 Å². The van der Waals surface area contributed by atoms with Gasteiger partial charge in [-0.1, -0.05) is 20.8 Å². The van der Waals surface area contributed by atoms with Crippen LogP contribution in [0.3, 0.4) is 0 Å². The van der Waals surface area contributed by atoms with E-state index in [4.69, 9.17) is 4.42 Å². The van der Waals surface area contributed by atoms with Gasteiger partial charge in [-0.15, -0.1) is 0 Å². The summed E-state index contributed by atoms with van der Waals surface area (Å²) < 4.78 is 5.22. The lowest BCUT2D eigenvalue weighted by atomic mass is 9.89. The molecule has 2 aromatic heterocycles. The van der Waals surface area contributed by atoms with Gasteiger partial charge in [0.15, 0.2) is 0 Å². The molecule has 0 unspecified atom stereocenters. The summed E-state index contributed by atoms with van der Waals surface area (Å²) in [7, 11) is 0. The van der Waals surface area contributed by atoms with Gasteiger partial charge in [0.1, 0.15) is 5.58 Å². The molecule has 19 heavy (non-hydrogen) atoms. The van der Waals surface area contributed by atoms with Crippen molar-refractivity contribution in [2.45, 2.75) is 26.2 Å². The summed E-state index contributed by atoms with van der Waals surface area (Å²) in [6, 6.07) is 5.74. The van der Waals surface area contributed by atoms with Gasteiger partial charge < -0.3 is 4.42 Å². The minimum absolute atomic E-state index is 0.218. The van der Waals surface area contributed by atoms with Crippen LogP contribution in [0.1, 0.15) is 26.5 Å². The van der Waals surface area contributed by atoms with E-state index >= 15 is 0 Å². The lowest BCUT2D eigenvalue weighted by Gasteiger charge is -2.18. The number of benzene rings is 1. The summed E-state index contributed by atoms with van der Waals surface area (Å²) in [6.07, 6.45) is 3.52. The molecule has 4 nitrogen and oxygen atoms in total. The number of aromatic nitrogens is 2. The van der Waals surface area contributed by atoms with Crippen molar-refractivity contribution in [3.8, 4) is 0 Å². The molecular formula is C15H14N2O2. The van der Waals surface area contributed by atoms with Gasteiger partial charge in [-0.05, 0) is 23.6 Å². The lowest BCUT2D eigenvalue weighted by molar-refractivity contribution is 0.498. The van der Waals surface area contributed by atoms with Crippen molar-refractivity contribution in [2.24, 2.45) is 0 Å². The van der Waals surface area contributed by atoms with E-state index in [-0.39, 0.29) is 5.41 Å². The van der Waals surface area contributed by atoms with Crippen LogP contribution in [0.4, 0.5) is 0 Å². The molecule has 96 valence electrons. The van der Waals surface area contributed by atoms with Gasteiger partial charge in [0.05, 0.1) is 5.69 Å². The number of rotatable bonds is 0. The standard InChI is InChI=1S/C15H14N2O2/c1-15(2,3)13-11-6-10-8-16-5-4-9(10)7-12(11)19-14(18)17-13/h4-8H,1-3H3. The fourth-order valence-corrected chi connectivity index (χ4v) is 2.22. The monoisotopic (exact) mass is 254 g/mol. The van der Waals surface area contributed by atoms with Crippen molar-refractivity contribution < 1.29 is 4.42 Å². The number of hydrogen-bond acceptors (Lipinski definition) is 4. The Bertz CT molecular complexity index is 829. The molecule has 0 saturated heterocycles. The molecule has 0 spiro atoms. The summed E-state index contributed by atoms with van der Waals surface area (Å²) >= 11 is 0. The summed E-state index contributed by atoms with van der Waals surface area (Å²) in [5.74, 6) is -0.550. The molecule has 4 heteroatoms. The molecule has 2 heterocycles. The number of fused-ring (bicyclic) bond motifs is 2. The average molecular weight is 254 g/mol. The topological polar surface area (TPSA) is 56.0 Å². The van der Waals surface area contributed by atoms with E-state index < -0.39 is 5.76 Å². The molecule has 0 aliphatic carbocycles. The largest absolute Gasteiger partial charge is 0.439 e. The van der Waals surface area contributed by atoms with Gasteiger partial charge in [-0.2, -0.15) is 4.98 Å². The van der Waals surface area contributed by atoms with Gasteiger partial charge in [0, 0.05) is 28.6 Å². The van der Waals surface area contributed by atoms with Gasteiger partial charge in [0.25, 0.3) is 0 Å². The molecule has 1 aromatic carbocycles. The van der Waals surface area contributed by atoms with Gasteiger partial charge in [-0.25, -0.2) is 4.79 Å². The normalized spacial score (nSPS) is 12.2. The Kier molecular flexibility index (Phi) is 2.42. The van der Waals surface area contributed by atoms with Crippen LogP contribution in [0.15, 0.2) is 39.8 Å². The highest BCUT2D eigenvalue weighted by Gasteiger charge is 2.21. The molecule has 0 atom stereocenters. The first-order valence-corrected chi connectivity index (χ1v) is 6.14. The maximum absolute atomic E-state index is 11.6. The number of pyridine rings is 1. The fourth-order valence-electron chi connectivity index (χ4n) is 2.22. The Morgan fingerprint density at radius 2 is 1.95 bits per heavy atom. The zero-order valence-electron chi connectivity index (χ0n) is 11.1. The van der Waals surface area contributed by atoms with Crippen LogP contribution in [-0.2, 0) is 5.41 Å². The molecule has 0 aliphatic rings. The maximum atomic E-state index is 11.6. The highest BCUT2D eigenvalue weighted by atomic mass is 16.4. The fraction of sp³-hybridized carbons (Fsp3) is 0.267. The molecule has 0 bridgehead atoms. The van der Waals surface area contributed by atoms with Gasteiger partial charge in [0.2, 0.25) is 0 Å². The number of nitrogens with zero attached hydrogens (tertiary/aromatic N) is 2. The first-order chi connectivity index (χ1) is 8.95. The van der Waals surface area contributed by atoms with Crippen LogP contribution < -0.4 is 5.76 Å². The van der Waals surface area contributed by atoms with Crippen molar-refractivity contribution >= 4 is 21.7 Å².